The molecule has 0 radical (unpaired) electrons. The average Bonchev–Trinajstić information content (AvgIpc) is 3.08. The minimum atomic E-state index is -0.0961. The molecule has 0 heterocycles. The van der Waals surface area contributed by atoms with Crippen molar-refractivity contribution in [3.63, 3.8) is 0 Å². The van der Waals surface area contributed by atoms with Crippen molar-refractivity contribution in [1.82, 2.24) is 0 Å². The Morgan fingerprint density at radius 3 is 2.82 bits per heavy atom. The highest BCUT2D eigenvalue weighted by Gasteiger charge is 2.43. The smallest absolute Gasteiger partial charge is 0.124 e. The quantitative estimate of drug-likeness (QED) is 0.876. The zero-order chi connectivity index (χ0) is 12.3. The van der Waals surface area contributed by atoms with Gasteiger partial charge in [-0.2, -0.15) is 5.26 Å². The minimum absolute atomic E-state index is 0.0428. The molecule has 0 spiro atoms. The maximum absolute atomic E-state index is 9.20. The van der Waals surface area contributed by atoms with E-state index in [9.17, 15) is 5.11 Å². The van der Waals surface area contributed by atoms with Crippen LogP contribution in [0.25, 0.3) is 0 Å². The highest BCUT2D eigenvalue weighted by atomic mass is 35.5. The number of aliphatic hydroxyl groups excluding tert-OH is 1. The van der Waals surface area contributed by atoms with Gasteiger partial charge in [0.15, 0.2) is 0 Å². The van der Waals surface area contributed by atoms with E-state index in [1.165, 1.54) is 0 Å². The molecule has 1 aromatic carbocycles. The summed E-state index contributed by atoms with van der Waals surface area (Å²) in [6.07, 6.45) is 2.63. The van der Waals surface area contributed by atoms with Crippen LogP contribution in [-0.2, 0) is 6.61 Å². The van der Waals surface area contributed by atoms with Gasteiger partial charge in [0, 0.05) is 22.4 Å². The van der Waals surface area contributed by atoms with Crippen LogP contribution in [0.4, 0.5) is 0 Å². The number of hydrogen-bond donors (Lipinski definition) is 1. The fourth-order valence-electron chi connectivity index (χ4n) is 1.76. The number of ether oxygens (including phenoxy) is 1. The Morgan fingerprint density at radius 1 is 1.47 bits per heavy atom. The van der Waals surface area contributed by atoms with Gasteiger partial charge in [0.05, 0.1) is 19.3 Å². The Kier molecular flexibility index (Phi) is 3.56. The molecule has 2 rings (SSSR count). The van der Waals surface area contributed by atoms with Gasteiger partial charge < -0.3 is 9.84 Å². The van der Waals surface area contributed by atoms with Crippen LogP contribution in [0, 0.1) is 16.7 Å². The number of nitriles is 1. The lowest BCUT2D eigenvalue weighted by atomic mass is 10.1. The second-order valence-corrected chi connectivity index (χ2v) is 4.97. The number of rotatable bonds is 5. The topological polar surface area (TPSA) is 53.2 Å². The average molecular weight is 252 g/mol. The highest BCUT2D eigenvalue weighted by Crippen LogP contribution is 2.48. The molecule has 0 aliphatic heterocycles. The lowest BCUT2D eigenvalue weighted by molar-refractivity contribution is 0.223. The predicted octanol–water partition coefficient (Wildman–Crippen LogP) is 2.90. The standard InChI is InChI=1S/C13H14ClNO2/c14-11-1-2-12(10(7-11)8-16)17-9-13(3-4-13)5-6-15/h1-2,7,16H,3-5,8-9H2. The van der Waals surface area contributed by atoms with E-state index in [4.69, 9.17) is 21.6 Å². The molecule has 1 aromatic rings. The first kappa shape index (κ1) is 12.2. The van der Waals surface area contributed by atoms with E-state index in [-0.39, 0.29) is 12.0 Å². The van der Waals surface area contributed by atoms with Gasteiger partial charge in [-0.1, -0.05) is 11.6 Å². The molecule has 90 valence electrons. The molecule has 0 saturated heterocycles. The number of nitrogens with zero attached hydrogens (tertiary/aromatic N) is 1. The highest BCUT2D eigenvalue weighted by molar-refractivity contribution is 6.30. The Morgan fingerprint density at radius 2 is 2.24 bits per heavy atom. The third-order valence-electron chi connectivity index (χ3n) is 3.14. The van der Waals surface area contributed by atoms with Crippen molar-refractivity contribution in [2.45, 2.75) is 25.9 Å². The van der Waals surface area contributed by atoms with Gasteiger partial charge in [0.2, 0.25) is 0 Å². The molecule has 1 N–H and O–H groups in total. The van der Waals surface area contributed by atoms with E-state index < -0.39 is 0 Å². The molecule has 0 aromatic heterocycles. The molecule has 1 fully saturated rings. The third-order valence-corrected chi connectivity index (χ3v) is 3.37. The van der Waals surface area contributed by atoms with E-state index in [1.807, 2.05) is 0 Å². The maximum atomic E-state index is 9.20. The molecule has 0 amide bonds. The molecule has 17 heavy (non-hydrogen) atoms. The molecule has 1 aliphatic carbocycles. The molecule has 0 bridgehead atoms. The Balaban J connectivity index is 2.02. The lowest BCUT2D eigenvalue weighted by Gasteiger charge is -2.15. The summed E-state index contributed by atoms with van der Waals surface area (Å²) >= 11 is 5.84. The van der Waals surface area contributed by atoms with Crippen molar-refractivity contribution in [3.05, 3.63) is 28.8 Å². The summed E-state index contributed by atoms with van der Waals surface area (Å²) in [6.45, 7) is 0.441. The van der Waals surface area contributed by atoms with Crippen LogP contribution >= 0.6 is 11.6 Å². The zero-order valence-electron chi connectivity index (χ0n) is 9.45. The van der Waals surface area contributed by atoms with Crippen molar-refractivity contribution < 1.29 is 9.84 Å². The van der Waals surface area contributed by atoms with Gasteiger partial charge in [-0.25, -0.2) is 0 Å². The van der Waals surface area contributed by atoms with E-state index in [0.717, 1.165) is 12.8 Å². The van der Waals surface area contributed by atoms with Gasteiger partial charge in [0.25, 0.3) is 0 Å². The number of benzene rings is 1. The summed E-state index contributed by atoms with van der Waals surface area (Å²) in [5.41, 5.74) is 0.728. The lowest BCUT2D eigenvalue weighted by Crippen LogP contribution is -2.13. The maximum Gasteiger partial charge on any atom is 0.124 e. The van der Waals surface area contributed by atoms with Crippen molar-refractivity contribution in [2.24, 2.45) is 5.41 Å². The third kappa shape index (κ3) is 2.91. The van der Waals surface area contributed by atoms with Crippen LogP contribution in [-0.4, -0.2) is 11.7 Å². The molecule has 0 atom stereocenters. The number of halogens is 1. The second kappa shape index (κ2) is 4.95. The van der Waals surface area contributed by atoms with Crippen LogP contribution in [0.5, 0.6) is 5.75 Å². The van der Waals surface area contributed by atoms with Crippen molar-refractivity contribution in [2.75, 3.05) is 6.61 Å². The Hall–Kier alpha value is -1.24. The summed E-state index contributed by atoms with van der Waals surface area (Å²) in [6, 6.07) is 7.39. The summed E-state index contributed by atoms with van der Waals surface area (Å²) < 4.78 is 5.69. The molecule has 0 unspecified atom stereocenters. The van der Waals surface area contributed by atoms with Gasteiger partial charge in [-0.3, -0.25) is 0 Å². The Labute approximate surface area is 106 Å². The molecule has 1 aliphatic rings. The van der Waals surface area contributed by atoms with Gasteiger partial charge in [-0.15, -0.1) is 0 Å². The van der Waals surface area contributed by atoms with Crippen LogP contribution in [0.3, 0.4) is 0 Å². The molecular weight excluding hydrogens is 238 g/mol. The monoisotopic (exact) mass is 251 g/mol. The minimum Gasteiger partial charge on any atom is -0.493 e. The first-order chi connectivity index (χ1) is 8.19. The van der Waals surface area contributed by atoms with E-state index >= 15 is 0 Å². The van der Waals surface area contributed by atoms with Gasteiger partial charge in [0.1, 0.15) is 5.75 Å². The largest absolute Gasteiger partial charge is 0.493 e. The SMILES string of the molecule is N#CCC1(COc2ccc(Cl)cc2CO)CC1. The molecular formula is C13H14ClNO2. The number of aliphatic hydroxyl groups is 1. The van der Waals surface area contributed by atoms with Crippen molar-refractivity contribution in [3.8, 4) is 11.8 Å². The Bertz CT molecular complexity index is 449. The van der Waals surface area contributed by atoms with Crippen molar-refractivity contribution >= 4 is 11.6 Å². The van der Waals surface area contributed by atoms with Crippen LogP contribution < -0.4 is 4.74 Å². The van der Waals surface area contributed by atoms with E-state index in [0.29, 0.717) is 29.4 Å². The molecule has 4 heteroatoms. The van der Waals surface area contributed by atoms with E-state index in [2.05, 4.69) is 6.07 Å². The van der Waals surface area contributed by atoms with Gasteiger partial charge >= 0.3 is 0 Å². The van der Waals surface area contributed by atoms with Crippen LogP contribution in [0.1, 0.15) is 24.8 Å². The number of hydrogen-bond acceptors (Lipinski definition) is 3. The first-order valence-corrected chi connectivity index (χ1v) is 5.96. The molecule has 3 nitrogen and oxygen atoms in total. The summed E-state index contributed by atoms with van der Waals surface area (Å²) in [4.78, 5) is 0. The predicted molar refractivity (Wildman–Crippen MR) is 64.8 cm³/mol. The first-order valence-electron chi connectivity index (χ1n) is 5.58. The van der Waals surface area contributed by atoms with Crippen LogP contribution in [0.15, 0.2) is 18.2 Å². The van der Waals surface area contributed by atoms with E-state index in [1.54, 1.807) is 18.2 Å². The fourth-order valence-corrected chi connectivity index (χ4v) is 1.95. The van der Waals surface area contributed by atoms with Crippen LogP contribution in [0.2, 0.25) is 5.02 Å². The summed E-state index contributed by atoms with van der Waals surface area (Å²) in [7, 11) is 0. The summed E-state index contributed by atoms with van der Waals surface area (Å²) in [5, 5.41) is 18.5. The summed E-state index contributed by atoms with van der Waals surface area (Å²) in [5.74, 6) is 0.654. The second-order valence-electron chi connectivity index (χ2n) is 4.53. The van der Waals surface area contributed by atoms with Crippen molar-refractivity contribution in [1.29, 1.82) is 5.26 Å². The fraction of sp³-hybridized carbons (Fsp3) is 0.462. The van der Waals surface area contributed by atoms with Gasteiger partial charge in [-0.05, 0) is 31.0 Å². The molecule has 1 saturated carbocycles. The zero-order valence-corrected chi connectivity index (χ0v) is 10.2. The normalized spacial score (nSPS) is 16.3.